The first-order valence-corrected chi connectivity index (χ1v) is 8.82. The Morgan fingerprint density at radius 2 is 2.05 bits per heavy atom. The van der Waals surface area contributed by atoms with Gasteiger partial charge < -0.3 is 11.1 Å². The molecule has 1 saturated carbocycles. The first-order chi connectivity index (χ1) is 8.76. The molecular weight excluding hydrogens is 260 g/mol. The summed E-state index contributed by atoms with van der Waals surface area (Å²) in [5, 5.41) is 2.98. The van der Waals surface area contributed by atoms with Crippen LogP contribution in [0.3, 0.4) is 0 Å². The van der Waals surface area contributed by atoms with Crippen molar-refractivity contribution in [1.29, 1.82) is 0 Å². The predicted octanol–water partition coefficient (Wildman–Crippen LogP) is 1.27. The third-order valence-corrected chi connectivity index (χ3v) is 5.59. The summed E-state index contributed by atoms with van der Waals surface area (Å²) < 4.78 is 11.0. The Labute approximate surface area is 119 Å². The van der Waals surface area contributed by atoms with Crippen LogP contribution in [-0.4, -0.2) is 34.7 Å². The van der Waals surface area contributed by atoms with Crippen LogP contribution >= 0.6 is 0 Å². The summed E-state index contributed by atoms with van der Waals surface area (Å²) in [6.07, 6.45) is 4.25. The zero-order chi connectivity index (χ0) is 14.6. The van der Waals surface area contributed by atoms with E-state index in [4.69, 9.17) is 5.73 Å². The number of carbonyl (C=O) groups excluding carboxylic acids is 1. The Balaban J connectivity index is 2.49. The number of hydrogen-bond acceptors (Lipinski definition) is 3. The van der Waals surface area contributed by atoms with Crippen LogP contribution in [-0.2, 0) is 15.6 Å². The molecule has 4 unspecified atom stereocenters. The highest BCUT2D eigenvalue weighted by atomic mass is 32.2. The molecule has 1 aliphatic rings. The molecule has 0 saturated heterocycles. The van der Waals surface area contributed by atoms with Crippen molar-refractivity contribution in [3.63, 3.8) is 0 Å². The summed E-state index contributed by atoms with van der Waals surface area (Å²) >= 11 is 0. The molecule has 0 heterocycles. The topological polar surface area (TPSA) is 72.2 Å². The van der Waals surface area contributed by atoms with Gasteiger partial charge in [-0.1, -0.05) is 20.8 Å². The van der Waals surface area contributed by atoms with E-state index in [1.165, 1.54) is 0 Å². The molecule has 4 nitrogen and oxygen atoms in total. The number of nitrogens with two attached hydrogens (primary N) is 1. The van der Waals surface area contributed by atoms with Crippen LogP contribution in [0.5, 0.6) is 0 Å². The average Bonchev–Trinajstić information content (AvgIpc) is 2.31. The molecule has 0 bridgehead atoms. The van der Waals surface area contributed by atoms with Gasteiger partial charge in [0.1, 0.15) is 0 Å². The molecule has 1 rings (SSSR count). The average molecular weight is 288 g/mol. The first-order valence-electron chi connectivity index (χ1n) is 7.10. The minimum Gasteiger partial charge on any atom is -0.356 e. The Hall–Kier alpha value is -0.420. The van der Waals surface area contributed by atoms with E-state index in [9.17, 15) is 9.00 Å². The van der Waals surface area contributed by atoms with E-state index in [1.807, 2.05) is 0 Å². The summed E-state index contributed by atoms with van der Waals surface area (Å²) in [5.74, 6) is 1.16. The van der Waals surface area contributed by atoms with Crippen molar-refractivity contribution < 1.29 is 9.00 Å². The molecule has 0 radical (unpaired) electrons. The van der Waals surface area contributed by atoms with Gasteiger partial charge in [-0.05, 0) is 30.6 Å². The highest BCUT2D eigenvalue weighted by Gasteiger charge is 2.44. The molecule has 0 spiro atoms. The van der Waals surface area contributed by atoms with Crippen LogP contribution in [0.15, 0.2) is 0 Å². The van der Waals surface area contributed by atoms with Gasteiger partial charge in [0, 0.05) is 41.3 Å². The van der Waals surface area contributed by atoms with Crippen LogP contribution in [0.25, 0.3) is 0 Å². The molecule has 0 aromatic heterocycles. The largest absolute Gasteiger partial charge is 0.356 e. The van der Waals surface area contributed by atoms with Gasteiger partial charge in [0.25, 0.3) is 0 Å². The lowest BCUT2D eigenvalue weighted by atomic mass is 9.61. The summed E-state index contributed by atoms with van der Waals surface area (Å²) in [5.41, 5.74) is 6.05. The SMILES string of the molecule is CC1C(N)CCC(C(=O)NCCCS(C)=O)C1(C)C. The fraction of sp³-hybridized carbons (Fsp3) is 0.929. The molecule has 0 aromatic carbocycles. The minimum absolute atomic E-state index is 0.0365. The highest BCUT2D eigenvalue weighted by molar-refractivity contribution is 7.84. The van der Waals surface area contributed by atoms with Gasteiger partial charge in [0.15, 0.2) is 0 Å². The Bertz CT molecular complexity index is 344. The van der Waals surface area contributed by atoms with Crippen LogP contribution in [0, 0.1) is 17.3 Å². The van der Waals surface area contributed by atoms with E-state index in [-0.39, 0.29) is 23.3 Å². The number of carbonyl (C=O) groups is 1. The zero-order valence-electron chi connectivity index (χ0n) is 12.6. The zero-order valence-corrected chi connectivity index (χ0v) is 13.4. The van der Waals surface area contributed by atoms with Gasteiger partial charge in [-0.2, -0.15) is 0 Å². The van der Waals surface area contributed by atoms with Crippen LogP contribution in [0.2, 0.25) is 0 Å². The van der Waals surface area contributed by atoms with E-state index < -0.39 is 10.8 Å². The van der Waals surface area contributed by atoms with Crippen molar-refractivity contribution in [2.75, 3.05) is 18.6 Å². The predicted molar refractivity (Wildman–Crippen MR) is 80.2 cm³/mol. The molecule has 0 aliphatic heterocycles. The second-order valence-corrected chi connectivity index (χ2v) is 7.88. The maximum Gasteiger partial charge on any atom is 0.223 e. The summed E-state index contributed by atoms with van der Waals surface area (Å²) in [7, 11) is -0.779. The lowest BCUT2D eigenvalue weighted by molar-refractivity contribution is -0.132. The van der Waals surface area contributed by atoms with Crippen molar-refractivity contribution in [1.82, 2.24) is 5.32 Å². The lowest BCUT2D eigenvalue weighted by Gasteiger charge is -2.46. The molecule has 4 atom stereocenters. The van der Waals surface area contributed by atoms with Crippen LogP contribution in [0.4, 0.5) is 0 Å². The second kappa shape index (κ2) is 6.84. The highest BCUT2D eigenvalue weighted by Crippen LogP contribution is 2.44. The summed E-state index contributed by atoms with van der Waals surface area (Å²) in [6, 6.07) is 0.196. The van der Waals surface area contributed by atoms with Gasteiger partial charge in [-0.3, -0.25) is 9.00 Å². The number of nitrogens with one attached hydrogen (secondary N) is 1. The van der Waals surface area contributed by atoms with Crippen LogP contribution in [0.1, 0.15) is 40.0 Å². The second-order valence-electron chi connectivity index (χ2n) is 6.33. The molecule has 5 heteroatoms. The molecule has 1 aliphatic carbocycles. The van der Waals surface area contributed by atoms with Crippen molar-refractivity contribution in [2.24, 2.45) is 23.0 Å². The first kappa shape index (κ1) is 16.6. The minimum atomic E-state index is -0.779. The monoisotopic (exact) mass is 288 g/mol. The molecule has 112 valence electrons. The molecule has 1 fully saturated rings. The number of amides is 1. The van der Waals surface area contributed by atoms with Gasteiger partial charge in [-0.15, -0.1) is 0 Å². The third kappa shape index (κ3) is 4.28. The molecule has 0 aromatic rings. The van der Waals surface area contributed by atoms with Gasteiger partial charge in [-0.25, -0.2) is 0 Å². The lowest BCUT2D eigenvalue weighted by Crippen LogP contribution is -2.51. The Kier molecular flexibility index (Phi) is 5.99. The number of rotatable bonds is 5. The van der Waals surface area contributed by atoms with E-state index in [1.54, 1.807) is 6.26 Å². The fourth-order valence-electron chi connectivity index (χ4n) is 2.93. The smallest absolute Gasteiger partial charge is 0.223 e. The van der Waals surface area contributed by atoms with Gasteiger partial charge >= 0.3 is 0 Å². The molecule has 19 heavy (non-hydrogen) atoms. The Morgan fingerprint density at radius 1 is 1.42 bits per heavy atom. The van der Waals surface area contributed by atoms with Crippen molar-refractivity contribution in [3.05, 3.63) is 0 Å². The van der Waals surface area contributed by atoms with Gasteiger partial charge in [0.2, 0.25) is 5.91 Å². The summed E-state index contributed by atoms with van der Waals surface area (Å²) in [6.45, 7) is 7.04. The molecular formula is C14H28N2O2S. The van der Waals surface area contributed by atoms with Crippen molar-refractivity contribution >= 4 is 16.7 Å². The maximum atomic E-state index is 12.3. The molecule has 1 amide bonds. The van der Waals surface area contributed by atoms with E-state index in [0.29, 0.717) is 18.2 Å². The summed E-state index contributed by atoms with van der Waals surface area (Å²) in [4.78, 5) is 12.3. The van der Waals surface area contributed by atoms with E-state index in [2.05, 4.69) is 26.1 Å². The molecule has 3 N–H and O–H groups in total. The standard InChI is InChI=1S/C14H28N2O2S/c1-10-12(15)7-6-11(14(10,2)3)13(17)16-8-5-9-19(4)18/h10-12H,5-9,15H2,1-4H3,(H,16,17). The fourth-order valence-corrected chi connectivity index (χ4v) is 3.48. The Morgan fingerprint density at radius 3 is 2.63 bits per heavy atom. The number of hydrogen-bond donors (Lipinski definition) is 2. The van der Waals surface area contributed by atoms with Crippen molar-refractivity contribution in [3.8, 4) is 0 Å². The van der Waals surface area contributed by atoms with Crippen molar-refractivity contribution in [2.45, 2.75) is 46.1 Å². The van der Waals surface area contributed by atoms with Crippen LogP contribution < -0.4 is 11.1 Å². The van der Waals surface area contributed by atoms with E-state index >= 15 is 0 Å². The third-order valence-electron chi connectivity index (χ3n) is 4.73. The maximum absolute atomic E-state index is 12.3. The van der Waals surface area contributed by atoms with E-state index in [0.717, 1.165) is 19.3 Å². The van der Waals surface area contributed by atoms with Gasteiger partial charge in [0.05, 0.1) is 0 Å². The quantitative estimate of drug-likeness (QED) is 0.748. The normalized spacial score (nSPS) is 31.7.